The topological polar surface area (TPSA) is 67.2 Å². The van der Waals surface area contributed by atoms with Crippen molar-refractivity contribution in [3.05, 3.63) is 53.0 Å². The van der Waals surface area contributed by atoms with Gasteiger partial charge in [0.15, 0.2) is 0 Å². The normalized spacial score (nSPS) is 11.2. The summed E-state index contributed by atoms with van der Waals surface area (Å²) in [6, 6.07) is 7.97. The molecule has 2 aromatic heterocycles. The minimum absolute atomic E-state index is 0.780. The second-order valence-electron chi connectivity index (χ2n) is 5.97. The van der Waals surface area contributed by atoms with Crippen LogP contribution in [0.2, 0.25) is 0 Å². The Kier molecular flexibility index (Phi) is 4.66. The first kappa shape index (κ1) is 16.3. The first-order valence-electron chi connectivity index (χ1n) is 7.85. The van der Waals surface area contributed by atoms with Crippen LogP contribution in [0.25, 0.3) is 11.3 Å². The second kappa shape index (κ2) is 6.88. The molecule has 0 bridgehead atoms. The first-order valence-corrected chi connectivity index (χ1v) is 7.85. The summed E-state index contributed by atoms with van der Waals surface area (Å²) >= 11 is 0. The highest BCUT2D eigenvalue weighted by atomic mass is 16.5. The van der Waals surface area contributed by atoms with Gasteiger partial charge in [0.05, 0.1) is 24.7 Å². The van der Waals surface area contributed by atoms with E-state index >= 15 is 0 Å². The number of benzene rings is 1. The molecule has 1 aromatic carbocycles. The number of hydrogen-bond acceptors (Lipinski definition) is 5. The number of aromatic nitrogens is 3. The maximum absolute atomic E-state index is 5.24. The van der Waals surface area contributed by atoms with Crippen molar-refractivity contribution < 1.29 is 9.26 Å². The molecule has 3 rings (SSSR count). The molecule has 0 aliphatic heterocycles. The molecule has 0 saturated heterocycles. The fraction of sp³-hybridized carbons (Fsp3) is 0.333. The molecule has 3 aromatic rings. The lowest BCUT2D eigenvalue weighted by molar-refractivity contribution is 0.315. The lowest BCUT2D eigenvalue weighted by Crippen LogP contribution is -2.18. The van der Waals surface area contributed by atoms with Gasteiger partial charge in [-0.2, -0.15) is 5.10 Å². The van der Waals surface area contributed by atoms with Crippen molar-refractivity contribution in [2.24, 2.45) is 0 Å². The van der Waals surface area contributed by atoms with Crippen LogP contribution in [0, 0.1) is 13.8 Å². The lowest BCUT2D eigenvalue weighted by atomic mass is 10.1. The summed E-state index contributed by atoms with van der Waals surface area (Å²) in [5, 5.41) is 11.3. The Balaban J connectivity index is 1.75. The number of rotatable bonds is 6. The summed E-state index contributed by atoms with van der Waals surface area (Å²) in [6.45, 7) is 5.49. The SMILES string of the molecule is COc1ccc(-c2[nH]ncc2CN(C)Cc2c(C)noc2C)cc1. The molecule has 0 radical (unpaired) electrons. The fourth-order valence-corrected chi connectivity index (χ4v) is 2.78. The van der Waals surface area contributed by atoms with Crippen LogP contribution in [0.1, 0.15) is 22.6 Å². The fourth-order valence-electron chi connectivity index (χ4n) is 2.78. The Hall–Kier alpha value is -2.60. The number of aryl methyl sites for hydroxylation is 2. The number of H-pyrrole nitrogens is 1. The number of nitrogens with one attached hydrogen (secondary N) is 1. The quantitative estimate of drug-likeness (QED) is 0.752. The molecule has 0 spiro atoms. The summed E-state index contributed by atoms with van der Waals surface area (Å²) in [6.07, 6.45) is 1.88. The van der Waals surface area contributed by atoms with Crippen molar-refractivity contribution in [3.8, 4) is 17.0 Å². The van der Waals surface area contributed by atoms with Crippen molar-refractivity contribution in [1.82, 2.24) is 20.3 Å². The Bertz CT molecular complexity index is 785. The maximum atomic E-state index is 5.24. The van der Waals surface area contributed by atoms with Crippen molar-refractivity contribution in [2.45, 2.75) is 26.9 Å². The average molecular weight is 326 g/mol. The Labute approximate surface area is 141 Å². The smallest absolute Gasteiger partial charge is 0.138 e. The van der Waals surface area contributed by atoms with Gasteiger partial charge in [-0.05, 0) is 45.2 Å². The molecule has 0 aliphatic rings. The van der Waals surface area contributed by atoms with Crippen molar-refractivity contribution in [3.63, 3.8) is 0 Å². The van der Waals surface area contributed by atoms with Gasteiger partial charge < -0.3 is 9.26 Å². The van der Waals surface area contributed by atoms with Crippen LogP contribution >= 0.6 is 0 Å². The molecule has 24 heavy (non-hydrogen) atoms. The highest BCUT2D eigenvalue weighted by Gasteiger charge is 2.14. The molecule has 0 amide bonds. The van der Waals surface area contributed by atoms with Gasteiger partial charge in [-0.15, -0.1) is 0 Å². The van der Waals surface area contributed by atoms with E-state index in [0.29, 0.717) is 0 Å². The van der Waals surface area contributed by atoms with Gasteiger partial charge in [0, 0.05) is 29.8 Å². The molecule has 0 unspecified atom stereocenters. The summed E-state index contributed by atoms with van der Waals surface area (Å²) in [7, 11) is 3.75. The number of aromatic amines is 1. The molecular weight excluding hydrogens is 304 g/mol. The van der Waals surface area contributed by atoms with Crippen molar-refractivity contribution in [1.29, 1.82) is 0 Å². The van der Waals surface area contributed by atoms with Crippen LogP contribution in [-0.2, 0) is 13.1 Å². The Morgan fingerprint density at radius 2 is 1.92 bits per heavy atom. The van der Waals surface area contributed by atoms with Crippen molar-refractivity contribution >= 4 is 0 Å². The lowest BCUT2D eigenvalue weighted by Gasteiger charge is -2.16. The minimum Gasteiger partial charge on any atom is -0.497 e. The van der Waals surface area contributed by atoms with Crippen LogP contribution < -0.4 is 4.74 Å². The molecule has 0 aliphatic carbocycles. The summed E-state index contributed by atoms with van der Waals surface area (Å²) < 4.78 is 10.5. The standard InChI is InChI=1S/C18H22N4O2/c1-12-17(13(2)24-21-12)11-22(3)10-15-9-19-20-18(15)14-5-7-16(23-4)8-6-14/h5-9H,10-11H2,1-4H3,(H,19,20). The number of hydrogen-bond donors (Lipinski definition) is 1. The number of methoxy groups -OCH3 is 1. The Morgan fingerprint density at radius 1 is 1.17 bits per heavy atom. The highest BCUT2D eigenvalue weighted by molar-refractivity contribution is 5.63. The van der Waals surface area contributed by atoms with E-state index in [9.17, 15) is 0 Å². The molecule has 126 valence electrons. The largest absolute Gasteiger partial charge is 0.497 e. The summed E-state index contributed by atoms with van der Waals surface area (Å²) in [5.41, 5.74) is 5.36. The third-order valence-electron chi connectivity index (χ3n) is 4.15. The van der Waals surface area contributed by atoms with Gasteiger partial charge >= 0.3 is 0 Å². The van der Waals surface area contributed by atoms with Crippen LogP contribution in [0.3, 0.4) is 0 Å². The van der Waals surface area contributed by atoms with E-state index in [1.807, 2.05) is 44.3 Å². The number of nitrogens with zero attached hydrogens (tertiary/aromatic N) is 3. The molecule has 0 atom stereocenters. The molecule has 0 saturated carbocycles. The zero-order valence-electron chi connectivity index (χ0n) is 14.5. The molecule has 6 heteroatoms. The van der Waals surface area contributed by atoms with Gasteiger partial charge in [-0.25, -0.2) is 0 Å². The monoisotopic (exact) mass is 326 g/mol. The highest BCUT2D eigenvalue weighted by Crippen LogP contribution is 2.25. The third kappa shape index (κ3) is 3.33. The zero-order valence-corrected chi connectivity index (χ0v) is 14.5. The van der Waals surface area contributed by atoms with Gasteiger partial charge in [-0.3, -0.25) is 10.00 Å². The van der Waals surface area contributed by atoms with E-state index in [2.05, 4.69) is 27.3 Å². The predicted molar refractivity (Wildman–Crippen MR) is 91.7 cm³/mol. The van der Waals surface area contributed by atoms with Crippen LogP contribution in [0.15, 0.2) is 35.0 Å². The third-order valence-corrected chi connectivity index (χ3v) is 4.15. The first-order chi connectivity index (χ1) is 11.6. The minimum atomic E-state index is 0.780. The van der Waals surface area contributed by atoms with Gasteiger partial charge in [0.2, 0.25) is 0 Å². The maximum Gasteiger partial charge on any atom is 0.138 e. The molecule has 0 fully saturated rings. The van der Waals surface area contributed by atoms with Crippen LogP contribution in [0.4, 0.5) is 0 Å². The summed E-state index contributed by atoms with van der Waals surface area (Å²) in [5.74, 6) is 1.72. The van der Waals surface area contributed by atoms with E-state index in [4.69, 9.17) is 9.26 Å². The van der Waals surface area contributed by atoms with Gasteiger partial charge in [0.25, 0.3) is 0 Å². The van der Waals surface area contributed by atoms with Crippen LogP contribution in [-0.4, -0.2) is 34.4 Å². The Morgan fingerprint density at radius 3 is 2.54 bits per heavy atom. The summed E-state index contributed by atoms with van der Waals surface area (Å²) in [4.78, 5) is 2.23. The molecule has 6 nitrogen and oxygen atoms in total. The number of ether oxygens (including phenoxy) is 1. The predicted octanol–water partition coefficient (Wildman–Crippen LogP) is 3.32. The van der Waals surface area contributed by atoms with E-state index in [1.165, 1.54) is 0 Å². The van der Waals surface area contributed by atoms with Gasteiger partial charge in [0.1, 0.15) is 11.5 Å². The van der Waals surface area contributed by atoms with Gasteiger partial charge in [-0.1, -0.05) is 5.16 Å². The van der Waals surface area contributed by atoms with Crippen LogP contribution in [0.5, 0.6) is 5.75 Å². The van der Waals surface area contributed by atoms with Crippen molar-refractivity contribution in [2.75, 3.05) is 14.2 Å². The second-order valence-corrected chi connectivity index (χ2v) is 5.97. The zero-order chi connectivity index (χ0) is 17.1. The van der Waals surface area contributed by atoms with E-state index in [-0.39, 0.29) is 0 Å². The van der Waals surface area contributed by atoms with E-state index in [0.717, 1.165) is 52.7 Å². The molecular formula is C18H22N4O2. The average Bonchev–Trinajstić information content (AvgIpc) is 3.16. The van der Waals surface area contributed by atoms with E-state index < -0.39 is 0 Å². The molecule has 2 heterocycles. The molecule has 1 N–H and O–H groups in total. The van der Waals surface area contributed by atoms with E-state index in [1.54, 1.807) is 7.11 Å².